The number of hydrogen-bond acceptors (Lipinski definition) is 7. The van der Waals surface area contributed by atoms with Crippen molar-refractivity contribution < 1.29 is 9.32 Å². The molecule has 0 aliphatic carbocycles. The summed E-state index contributed by atoms with van der Waals surface area (Å²) in [5.74, 6) is 0.191. The van der Waals surface area contributed by atoms with Gasteiger partial charge in [0.15, 0.2) is 0 Å². The van der Waals surface area contributed by atoms with Crippen LogP contribution in [0.4, 0.5) is 0 Å². The van der Waals surface area contributed by atoms with Gasteiger partial charge in [-0.25, -0.2) is 0 Å². The zero-order valence-electron chi connectivity index (χ0n) is 11.5. The maximum atomic E-state index is 12.2. The van der Waals surface area contributed by atoms with Crippen molar-refractivity contribution in [2.24, 2.45) is 0 Å². The zero-order valence-corrected chi connectivity index (χ0v) is 13.0. The SMILES string of the molecule is Cc1cc(C(=O)N2CCN(Cc3nnsc3Cl)CC2)on1. The zero-order chi connectivity index (χ0) is 14.8. The lowest BCUT2D eigenvalue weighted by atomic mass is 10.2. The lowest BCUT2D eigenvalue weighted by Gasteiger charge is -2.33. The van der Waals surface area contributed by atoms with E-state index in [2.05, 4.69) is 19.6 Å². The summed E-state index contributed by atoms with van der Waals surface area (Å²) in [4.78, 5) is 16.2. The Balaban J connectivity index is 1.55. The number of rotatable bonds is 3. The van der Waals surface area contributed by atoms with E-state index >= 15 is 0 Å². The summed E-state index contributed by atoms with van der Waals surface area (Å²) in [5.41, 5.74) is 1.51. The highest BCUT2D eigenvalue weighted by molar-refractivity contribution is 7.10. The number of nitrogens with zero attached hydrogens (tertiary/aromatic N) is 5. The monoisotopic (exact) mass is 327 g/mol. The molecular formula is C12H14ClN5O2S. The minimum absolute atomic E-state index is 0.108. The van der Waals surface area contributed by atoms with Gasteiger partial charge in [0.2, 0.25) is 5.76 Å². The summed E-state index contributed by atoms with van der Waals surface area (Å²) < 4.78 is 9.47. The highest BCUT2D eigenvalue weighted by Crippen LogP contribution is 2.19. The fourth-order valence-electron chi connectivity index (χ4n) is 2.23. The van der Waals surface area contributed by atoms with Crippen LogP contribution in [0.15, 0.2) is 10.6 Å². The minimum Gasteiger partial charge on any atom is -0.351 e. The quantitative estimate of drug-likeness (QED) is 0.849. The van der Waals surface area contributed by atoms with Gasteiger partial charge in [-0.2, -0.15) is 0 Å². The number of hydrogen-bond donors (Lipinski definition) is 0. The predicted molar refractivity (Wildman–Crippen MR) is 77.3 cm³/mol. The lowest BCUT2D eigenvalue weighted by Crippen LogP contribution is -2.48. The second-order valence-electron chi connectivity index (χ2n) is 4.89. The lowest BCUT2D eigenvalue weighted by molar-refractivity contribution is 0.0587. The van der Waals surface area contributed by atoms with Crippen LogP contribution in [0.3, 0.4) is 0 Å². The summed E-state index contributed by atoms with van der Waals surface area (Å²) in [5, 5.41) is 7.75. The van der Waals surface area contributed by atoms with Crippen molar-refractivity contribution in [1.29, 1.82) is 0 Å². The van der Waals surface area contributed by atoms with E-state index in [1.807, 2.05) is 0 Å². The van der Waals surface area contributed by atoms with Crippen LogP contribution in [0.5, 0.6) is 0 Å². The Morgan fingerprint density at radius 1 is 1.43 bits per heavy atom. The highest BCUT2D eigenvalue weighted by atomic mass is 35.5. The Morgan fingerprint density at radius 3 is 2.76 bits per heavy atom. The van der Waals surface area contributed by atoms with Crippen LogP contribution < -0.4 is 0 Å². The van der Waals surface area contributed by atoms with Gasteiger partial charge in [-0.1, -0.05) is 21.2 Å². The van der Waals surface area contributed by atoms with Crippen molar-refractivity contribution in [2.45, 2.75) is 13.5 Å². The van der Waals surface area contributed by atoms with E-state index in [-0.39, 0.29) is 5.91 Å². The minimum atomic E-state index is -0.108. The van der Waals surface area contributed by atoms with Gasteiger partial charge < -0.3 is 9.42 Å². The first-order valence-corrected chi connectivity index (χ1v) is 7.70. The van der Waals surface area contributed by atoms with Gasteiger partial charge >= 0.3 is 0 Å². The Kier molecular flexibility index (Phi) is 4.18. The van der Waals surface area contributed by atoms with Crippen LogP contribution in [0.2, 0.25) is 4.34 Å². The van der Waals surface area contributed by atoms with Crippen LogP contribution >= 0.6 is 23.1 Å². The second-order valence-corrected chi connectivity index (χ2v) is 6.25. The molecule has 1 fully saturated rings. The normalized spacial score (nSPS) is 16.4. The van der Waals surface area contributed by atoms with E-state index < -0.39 is 0 Å². The number of halogens is 1. The van der Waals surface area contributed by atoms with Gasteiger partial charge in [0, 0.05) is 50.3 Å². The fourth-order valence-corrected chi connectivity index (χ4v) is 2.84. The van der Waals surface area contributed by atoms with Gasteiger partial charge in [-0.3, -0.25) is 9.69 Å². The van der Waals surface area contributed by atoms with Crippen LogP contribution in [-0.4, -0.2) is 56.6 Å². The molecule has 2 aromatic heterocycles. The molecule has 0 bridgehead atoms. The van der Waals surface area contributed by atoms with Crippen LogP contribution in [0.25, 0.3) is 0 Å². The third-order valence-corrected chi connectivity index (χ3v) is 4.37. The molecule has 7 nitrogen and oxygen atoms in total. The van der Waals surface area contributed by atoms with Crippen molar-refractivity contribution in [1.82, 2.24) is 24.5 Å². The standard InChI is InChI=1S/C12H14ClN5O2S/c1-8-6-10(20-15-8)12(19)18-4-2-17(3-5-18)7-9-11(13)21-16-14-9/h6H,2-5,7H2,1H3. The average molecular weight is 328 g/mol. The molecule has 0 atom stereocenters. The van der Waals surface area contributed by atoms with E-state index in [1.165, 1.54) is 11.5 Å². The largest absolute Gasteiger partial charge is 0.351 e. The summed E-state index contributed by atoms with van der Waals surface area (Å²) in [6.45, 7) is 5.30. The van der Waals surface area contributed by atoms with Crippen LogP contribution in [0.1, 0.15) is 21.9 Å². The predicted octanol–water partition coefficient (Wildman–Crippen LogP) is 1.45. The molecule has 0 unspecified atom stereocenters. The molecule has 112 valence electrons. The molecule has 0 radical (unpaired) electrons. The summed E-state index contributed by atoms with van der Waals surface area (Å²) >= 11 is 7.20. The third-order valence-electron chi connectivity index (χ3n) is 3.38. The molecule has 0 N–H and O–H groups in total. The summed E-state index contributed by atoms with van der Waals surface area (Å²) in [6, 6.07) is 1.66. The van der Waals surface area contributed by atoms with Crippen molar-refractivity contribution in [3.05, 3.63) is 27.6 Å². The molecule has 9 heteroatoms. The topological polar surface area (TPSA) is 75.4 Å². The van der Waals surface area contributed by atoms with Crippen LogP contribution in [-0.2, 0) is 6.54 Å². The number of carbonyl (C=O) groups excluding carboxylic acids is 1. The number of aryl methyl sites for hydroxylation is 1. The molecule has 2 aromatic rings. The number of amides is 1. The smallest absolute Gasteiger partial charge is 0.292 e. The Hall–Kier alpha value is -1.51. The molecule has 3 heterocycles. The third kappa shape index (κ3) is 3.22. The van der Waals surface area contributed by atoms with Crippen molar-refractivity contribution >= 4 is 29.0 Å². The van der Waals surface area contributed by atoms with Gasteiger partial charge in [-0.15, -0.1) is 5.10 Å². The number of aromatic nitrogens is 3. The Labute approximate surface area is 130 Å². The molecule has 21 heavy (non-hydrogen) atoms. The van der Waals surface area contributed by atoms with Gasteiger partial charge in [0.25, 0.3) is 5.91 Å². The first-order valence-electron chi connectivity index (χ1n) is 6.55. The Morgan fingerprint density at radius 2 is 2.19 bits per heavy atom. The second kappa shape index (κ2) is 6.08. The first kappa shape index (κ1) is 14.4. The van der Waals surface area contributed by atoms with Crippen molar-refractivity contribution in [2.75, 3.05) is 26.2 Å². The summed E-state index contributed by atoms with van der Waals surface area (Å²) in [6.07, 6.45) is 0. The molecule has 1 amide bonds. The van der Waals surface area contributed by atoms with E-state index in [0.29, 0.717) is 35.4 Å². The van der Waals surface area contributed by atoms with Gasteiger partial charge in [-0.05, 0) is 6.92 Å². The van der Waals surface area contributed by atoms with Crippen LogP contribution in [0, 0.1) is 6.92 Å². The van der Waals surface area contributed by atoms with Crippen molar-refractivity contribution in [3.63, 3.8) is 0 Å². The maximum Gasteiger partial charge on any atom is 0.292 e. The molecule has 1 aliphatic heterocycles. The van der Waals surface area contributed by atoms with E-state index in [9.17, 15) is 4.79 Å². The van der Waals surface area contributed by atoms with Gasteiger partial charge in [0.05, 0.1) is 5.69 Å². The Bertz CT molecular complexity index is 635. The maximum absolute atomic E-state index is 12.2. The molecule has 0 spiro atoms. The van der Waals surface area contributed by atoms with E-state index in [0.717, 1.165) is 18.8 Å². The first-order chi connectivity index (χ1) is 10.1. The van der Waals surface area contributed by atoms with Gasteiger partial charge in [0.1, 0.15) is 10.0 Å². The van der Waals surface area contributed by atoms with Crippen molar-refractivity contribution in [3.8, 4) is 0 Å². The highest BCUT2D eigenvalue weighted by Gasteiger charge is 2.25. The number of carbonyl (C=O) groups is 1. The molecule has 0 aromatic carbocycles. The average Bonchev–Trinajstić information content (AvgIpc) is 3.08. The molecule has 1 aliphatic rings. The molecular weight excluding hydrogens is 314 g/mol. The van der Waals surface area contributed by atoms with E-state index in [1.54, 1.807) is 17.9 Å². The fraction of sp³-hybridized carbons (Fsp3) is 0.500. The summed E-state index contributed by atoms with van der Waals surface area (Å²) in [7, 11) is 0. The molecule has 0 saturated carbocycles. The molecule has 3 rings (SSSR count). The van der Waals surface area contributed by atoms with E-state index in [4.69, 9.17) is 16.1 Å². The number of piperazine rings is 1. The molecule has 1 saturated heterocycles.